The number of nitrogens with one attached hydrogen (secondary N) is 2. The van der Waals surface area contributed by atoms with Gasteiger partial charge in [0.25, 0.3) is 0 Å². The summed E-state index contributed by atoms with van der Waals surface area (Å²) in [5.74, 6) is 2.92. The molecule has 7 heteroatoms. The van der Waals surface area contributed by atoms with Crippen molar-refractivity contribution in [2.24, 2.45) is 4.99 Å². The highest BCUT2D eigenvalue weighted by atomic mass is 127. The fourth-order valence-electron chi connectivity index (χ4n) is 4.27. The van der Waals surface area contributed by atoms with Crippen LogP contribution in [0.5, 0.6) is 0 Å². The van der Waals surface area contributed by atoms with Crippen LogP contribution in [-0.4, -0.2) is 68.1 Å². The van der Waals surface area contributed by atoms with E-state index in [1.54, 1.807) is 0 Å². The summed E-state index contributed by atoms with van der Waals surface area (Å²) in [6.45, 7) is 10.7. The predicted molar refractivity (Wildman–Crippen MR) is 122 cm³/mol. The maximum atomic E-state index is 5.95. The fourth-order valence-corrected chi connectivity index (χ4v) is 4.27. The molecule has 0 spiro atoms. The maximum absolute atomic E-state index is 5.95. The van der Waals surface area contributed by atoms with Gasteiger partial charge in [-0.25, -0.2) is 0 Å². The van der Waals surface area contributed by atoms with Gasteiger partial charge in [0.1, 0.15) is 11.5 Å². The zero-order valence-electron chi connectivity index (χ0n) is 17.0. The van der Waals surface area contributed by atoms with Crippen LogP contribution in [0.1, 0.15) is 50.2 Å². The van der Waals surface area contributed by atoms with E-state index < -0.39 is 0 Å². The Morgan fingerprint density at radius 2 is 2.00 bits per heavy atom. The van der Waals surface area contributed by atoms with Gasteiger partial charge in [-0.05, 0) is 70.9 Å². The third kappa shape index (κ3) is 6.09. The lowest BCUT2D eigenvalue weighted by molar-refractivity contribution is 0.213. The quantitative estimate of drug-likeness (QED) is 0.351. The van der Waals surface area contributed by atoms with Crippen molar-refractivity contribution in [3.8, 4) is 0 Å². The zero-order chi connectivity index (χ0) is 18.4. The van der Waals surface area contributed by atoms with Gasteiger partial charge in [-0.3, -0.25) is 14.8 Å². The zero-order valence-corrected chi connectivity index (χ0v) is 19.4. The molecule has 6 nitrogen and oxygen atoms in total. The molecule has 2 atom stereocenters. The highest BCUT2D eigenvalue weighted by Gasteiger charge is 2.26. The van der Waals surface area contributed by atoms with Gasteiger partial charge >= 0.3 is 0 Å². The molecule has 0 saturated carbocycles. The number of furan rings is 1. The second-order valence-corrected chi connectivity index (χ2v) is 7.47. The summed E-state index contributed by atoms with van der Waals surface area (Å²) in [7, 11) is 1.85. The van der Waals surface area contributed by atoms with Crippen LogP contribution in [0.25, 0.3) is 0 Å². The minimum Gasteiger partial charge on any atom is -0.465 e. The molecular weight excluding hydrogens is 453 g/mol. The molecule has 2 unspecified atom stereocenters. The lowest BCUT2D eigenvalue weighted by atomic mass is 10.2. The molecule has 0 amide bonds. The fraction of sp³-hybridized carbons (Fsp3) is 0.750. The van der Waals surface area contributed by atoms with Crippen LogP contribution in [0.4, 0.5) is 0 Å². The predicted octanol–water partition coefficient (Wildman–Crippen LogP) is 2.99. The van der Waals surface area contributed by atoms with E-state index in [-0.39, 0.29) is 30.0 Å². The molecule has 27 heavy (non-hydrogen) atoms. The van der Waals surface area contributed by atoms with Crippen LogP contribution in [0.2, 0.25) is 0 Å². The first-order valence-corrected chi connectivity index (χ1v) is 10.2. The molecule has 0 aromatic carbocycles. The normalized spacial score (nSPS) is 22.6. The standard InChI is InChI=1S/C20H35N5O.HI/c1-4-24-13-7-8-17(24)14-22-20(21-3)23-15-18(25-11-5-6-12-25)19-10-9-16(2)26-19;/h9-10,17-18H,4-8,11-15H2,1-3H3,(H2,21,22,23);1H. The van der Waals surface area contributed by atoms with Crippen LogP contribution >= 0.6 is 24.0 Å². The van der Waals surface area contributed by atoms with Gasteiger partial charge in [0.15, 0.2) is 5.96 Å². The van der Waals surface area contributed by atoms with Gasteiger partial charge in [0.2, 0.25) is 0 Å². The van der Waals surface area contributed by atoms with Gasteiger partial charge in [-0.15, -0.1) is 24.0 Å². The minimum absolute atomic E-state index is 0. The number of nitrogens with zero attached hydrogens (tertiary/aromatic N) is 3. The molecule has 3 heterocycles. The second kappa shape index (κ2) is 11.3. The molecule has 2 N–H and O–H groups in total. The molecule has 2 aliphatic heterocycles. The van der Waals surface area contributed by atoms with Gasteiger partial charge in [0.05, 0.1) is 6.04 Å². The molecule has 154 valence electrons. The van der Waals surface area contributed by atoms with Crippen LogP contribution < -0.4 is 10.6 Å². The monoisotopic (exact) mass is 489 g/mol. The topological polar surface area (TPSA) is 56.0 Å². The van der Waals surface area contributed by atoms with E-state index >= 15 is 0 Å². The van der Waals surface area contributed by atoms with Crippen molar-refractivity contribution in [1.82, 2.24) is 20.4 Å². The van der Waals surface area contributed by atoms with Gasteiger partial charge in [-0.1, -0.05) is 6.92 Å². The largest absolute Gasteiger partial charge is 0.465 e. The average molecular weight is 489 g/mol. The molecule has 2 aliphatic rings. The summed E-state index contributed by atoms with van der Waals surface area (Å²) in [5, 5.41) is 7.06. The average Bonchev–Trinajstić information content (AvgIpc) is 3.40. The van der Waals surface area contributed by atoms with Crippen molar-refractivity contribution < 1.29 is 4.42 Å². The van der Waals surface area contributed by atoms with E-state index in [0.29, 0.717) is 6.04 Å². The number of hydrogen-bond donors (Lipinski definition) is 2. The molecule has 3 rings (SSSR count). The lowest BCUT2D eigenvalue weighted by Crippen LogP contribution is -2.46. The summed E-state index contributed by atoms with van der Waals surface area (Å²) in [6.07, 6.45) is 5.14. The Labute approximate surface area is 181 Å². The van der Waals surface area contributed by atoms with Crippen molar-refractivity contribution in [3.05, 3.63) is 23.7 Å². The van der Waals surface area contributed by atoms with Crippen molar-refractivity contribution >= 4 is 29.9 Å². The minimum atomic E-state index is 0. The molecule has 2 saturated heterocycles. The number of aliphatic imine (C=N–C) groups is 1. The van der Waals surface area contributed by atoms with Crippen molar-refractivity contribution in [1.29, 1.82) is 0 Å². The second-order valence-electron chi connectivity index (χ2n) is 7.47. The molecule has 0 bridgehead atoms. The van der Waals surface area contributed by atoms with Gasteiger partial charge in [0, 0.05) is 26.2 Å². The van der Waals surface area contributed by atoms with E-state index in [2.05, 4.69) is 44.5 Å². The van der Waals surface area contributed by atoms with E-state index in [0.717, 1.165) is 50.2 Å². The molecule has 1 aromatic heterocycles. The number of likely N-dealkylation sites (tertiary alicyclic amines) is 2. The Hall–Kier alpha value is -0.800. The maximum Gasteiger partial charge on any atom is 0.191 e. The SMILES string of the molecule is CCN1CCCC1CNC(=NC)NCC(c1ccc(C)o1)N1CCCC1.I. The Bertz CT molecular complexity index is 585. The molecule has 1 aromatic rings. The first-order valence-electron chi connectivity index (χ1n) is 10.2. The lowest BCUT2D eigenvalue weighted by Gasteiger charge is -2.28. The summed E-state index contributed by atoms with van der Waals surface area (Å²) in [4.78, 5) is 9.50. The van der Waals surface area contributed by atoms with E-state index in [1.807, 2.05) is 14.0 Å². The summed E-state index contributed by atoms with van der Waals surface area (Å²) in [6, 6.07) is 5.07. The van der Waals surface area contributed by atoms with Gasteiger partial charge in [-0.2, -0.15) is 0 Å². The highest BCUT2D eigenvalue weighted by Crippen LogP contribution is 2.26. The Morgan fingerprint density at radius 3 is 2.63 bits per heavy atom. The first-order chi connectivity index (χ1) is 12.7. The third-order valence-corrected chi connectivity index (χ3v) is 5.77. The third-order valence-electron chi connectivity index (χ3n) is 5.77. The number of halogens is 1. The van der Waals surface area contributed by atoms with E-state index in [1.165, 1.54) is 32.2 Å². The molecule has 2 fully saturated rings. The van der Waals surface area contributed by atoms with Crippen LogP contribution in [0.3, 0.4) is 0 Å². The summed E-state index contributed by atoms with van der Waals surface area (Å²) < 4.78 is 5.95. The number of rotatable bonds is 7. The Morgan fingerprint density at radius 1 is 1.22 bits per heavy atom. The van der Waals surface area contributed by atoms with Crippen molar-refractivity contribution in [2.75, 3.05) is 46.3 Å². The van der Waals surface area contributed by atoms with E-state index in [4.69, 9.17) is 4.42 Å². The molecular formula is C20H36IN5O. The smallest absolute Gasteiger partial charge is 0.191 e. The van der Waals surface area contributed by atoms with Crippen molar-refractivity contribution in [3.63, 3.8) is 0 Å². The van der Waals surface area contributed by atoms with Crippen LogP contribution in [-0.2, 0) is 0 Å². The summed E-state index contributed by atoms with van der Waals surface area (Å²) in [5.41, 5.74) is 0. The highest BCUT2D eigenvalue weighted by molar-refractivity contribution is 14.0. The molecule has 0 radical (unpaired) electrons. The Kier molecular flexibility index (Phi) is 9.38. The molecule has 0 aliphatic carbocycles. The van der Waals surface area contributed by atoms with Crippen molar-refractivity contribution in [2.45, 2.75) is 51.6 Å². The Balaban J connectivity index is 0.00000261. The number of likely N-dealkylation sites (N-methyl/N-ethyl adjacent to an activating group) is 1. The number of hydrogen-bond acceptors (Lipinski definition) is 4. The summed E-state index contributed by atoms with van der Waals surface area (Å²) >= 11 is 0. The first kappa shape index (κ1) is 22.5. The van der Waals surface area contributed by atoms with Gasteiger partial charge < -0.3 is 15.1 Å². The number of aryl methyl sites for hydroxylation is 1. The van der Waals surface area contributed by atoms with E-state index in [9.17, 15) is 0 Å². The van der Waals surface area contributed by atoms with Crippen LogP contribution in [0.15, 0.2) is 21.5 Å². The van der Waals surface area contributed by atoms with Crippen LogP contribution in [0, 0.1) is 6.92 Å². The number of guanidine groups is 1.